The maximum absolute atomic E-state index is 14.5. The van der Waals surface area contributed by atoms with Crippen LogP contribution in [0, 0.1) is 5.82 Å². The number of methoxy groups -OCH3 is 1. The van der Waals surface area contributed by atoms with Crippen molar-refractivity contribution in [2.45, 2.75) is 4.90 Å². The number of nitrogens with one attached hydrogen (secondary N) is 1. The average molecular weight is 548 g/mol. The largest absolute Gasteiger partial charge is 0.497 e. The lowest BCUT2D eigenvalue weighted by atomic mass is 10.2. The van der Waals surface area contributed by atoms with Gasteiger partial charge in [0.05, 0.1) is 23.3 Å². The molecule has 1 N–H and O–H groups in total. The lowest BCUT2D eigenvalue weighted by molar-refractivity contribution is 0.102. The number of para-hydroxylation sites is 1. The van der Waals surface area contributed by atoms with E-state index in [1.165, 1.54) is 10.4 Å². The molecule has 0 atom stereocenters. The van der Waals surface area contributed by atoms with Gasteiger partial charge in [0.1, 0.15) is 11.6 Å². The molecular formula is C24H23BrFN3O4S. The monoisotopic (exact) mass is 547 g/mol. The molecule has 1 aliphatic heterocycles. The Morgan fingerprint density at radius 2 is 1.68 bits per heavy atom. The summed E-state index contributed by atoms with van der Waals surface area (Å²) in [5, 5.41) is 2.61. The number of anilines is 2. The van der Waals surface area contributed by atoms with Crippen molar-refractivity contribution in [1.29, 1.82) is 0 Å². The molecule has 10 heteroatoms. The quantitative estimate of drug-likeness (QED) is 0.496. The van der Waals surface area contributed by atoms with Crippen LogP contribution in [0.5, 0.6) is 5.75 Å². The molecule has 34 heavy (non-hydrogen) atoms. The van der Waals surface area contributed by atoms with Gasteiger partial charge in [0.2, 0.25) is 10.0 Å². The Bertz CT molecular complexity index is 1290. The smallest absolute Gasteiger partial charge is 0.258 e. The number of carbonyl (C=O) groups is 1. The van der Waals surface area contributed by atoms with E-state index in [9.17, 15) is 17.6 Å². The summed E-state index contributed by atoms with van der Waals surface area (Å²) in [5.41, 5.74) is 1.09. The summed E-state index contributed by atoms with van der Waals surface area (Å²) in [5.74, 6) is -0.778. The second-order valence-electron chi connectivity index (χ2n) is 7.66. The fraction of sp³-hybridized carbons (Fsp3) is 0.208. The molecule has 1 amide bonds. The molecule has 0 bridgehead atoms. The molecule has 3 aromatic carbocycles. The van der Waals surface area contributed by atoms with Gasteiger partial charge >= 0.3 is 0 Å². The predicted octanol–water partition coefficient (Wildman–Crippen LogP) is 4.36. The molecule has 3 aromatic rings. The summed E-state index contributed by atoms with van der Waals surface area (Å²) >= 11 is 3.32. The van der Waals surface area contributed by atoms with Crippen LogP contribution in [0.25, 0.3) is 0 Å². The number of nitrogens with zero attached hydrogens (tertiary/aromatic N) is 2. The fourth-order valence-corrected chi connectivity index (χ4v) is 5.55. The molecule has 0 aliphatic carbocycles. The van der Waals surface area contributed by atoms with Crippen molar-refractivity contribution in [3.05, 3.63) is 82.6 Å². The van der Waals surface area contributed by atoms with Crippen LogP contribution in [0.15, 0.2) is 76.1 Å². The van der Waals surface area contributed by atoms with E-state index in [1.54, 1.807) is 31.4 Å². The number of carbonyl (C=O) groups excluding carboxylic acids is 1. The molecule has 1 saturated heterocycles. The third-order valence-corrected chi connectivity index (χ3v) is 8.20. The number of benzene rings is 3. The van der Waals surface area contributed by atoms with Gasteiger partial charge < -0.3 is 15.0 Å². The highest BCUT2D eigenvalue weighted by Gasteiger charge is 2.30. The van der Waals surface area contributed by atoms with Crippen LogP contribution in [0.3, 0.4) is 0 Å². The number of amides is 1. The number of piperazine rings is 1. The number of hydrogen-bond donors (Lipinski definition) is 1. The molecule has 1 fully saturated rings. The highest BCUT2D eigenvalue weighted by atomic mass is 79.9. The molecule has 0 spiro atoms. The second kappa shape index (κ2) is 10.1. The van der Waals surface area contributed by atoms with Crippen molar-refractivity contribution in [3.63, 3.8) is 0 Å². The first kappa shape index (κ1) is 24.2. The standard InChI is InChI=1S/C24H23BrFN3O4S/c1-33-18-8-6-17(7-9-18)28-12-14-29(15-13-28)34(31,32)19-10-11-22(26)20(16-19)24(30)27-23-5-3-2-4-21(23)25/h2-11,16H,12-15H2,1H3,(H,27,30). The Balaban J connectivity index is 1.49. The van der Waals surface area contributed by atoms with E-state index in [0.29, 0.717) is 23.2 Å². The molecule has 1 heterocycles. The van der Waals surface area contributed by atoms with E-state index in [1.807, 2.05) is 24.3 Å². The van der Waals surface area contributed by atoms with Crippen molar-refractivity contribution in [2.24, 2.45) is 0 Å². The third-order valence-electron chi connectivity index (χ3n) is 5.62. The first-order chi connectivity index (χ1) is 16.3. The predicted molar refractivity (Wildman–Crippen MR) is 132 cm³/mol. The molecule has 0 aromatic heterocycles. The Morgan fingerprint density at radius 1 is 1.00 bits per heavy atom. The minimum Gasteiger partial charge on any atom is -0.497 e. The van der Waals surface area contributed by atoms with E-state index < -0.39 is 21.7 Å². The number of sulfonamides is 1. The third kappa shape index (κ3) is 5.08. The maximum Gasteiger partial charge on any atom is 0.258 e. The van der Waals surface area contributed by atoms with Crippen LogP contribution in [0.2, 0.25) is 0 Å². The zero-order chi connectivity index (χ0) is 24.3. The number of ether oxygens (including phenoxy) is 1. The lowest BCUT2D eigenvalue weighted by Crippen LogP contribution is -2.48. The van der Waals surface area contributed by atoms with Crippen LogP contribution in [-0.2, 0) is 10.0 Å². The SMILES string of the molecule is COc1ccc(N2CCN(S(=O)(=O)c3ccc(F)c(C(=O)Nc4ccccc4Br)c3)CC2)cc1. The van der Waals surface area contributed by atoms with Crippen molar-refractivity contribution in [1.82, 2.24) is 4.31 Å². The van der Waals surface area contributed by atoms with Gasteiger partial charge in [0.15, 0.2) is 0 Å². The first-order valence-corrected chi connectivity index (χ1v) is 12.8. The molecule has 7 nitrogen and oxygen atoms in total. The van der Waals surface area contributed by atoms with Crippen LogP contribution in [-0.4, -0.2) is 51.9 Å². The van der Waals surface area contributed by atoms with Crippen molar-refractivity contribution >= 4 is 43.2 Å². The molecule has 0 unspecified atom stereocenters. The minimum atomic E-state index is -3.90. The van der Waals surface area contributed by atoms with Gasteiger partial charge in [0.25, 0.3) is 5.91 Å². The molecule has 1 aliphatic rings. The molecular weight excluding hydrogens is 525 g/mol. The highest BCUT2D eigenvalue weighted by molar-refractivity contribution is 9.10. The van der Waals surface area contributed by atoms with Gasteiger partial charge in [-0.05, 0) is 70.5 Å². The zero-order valence-corrected chi connectivity index (χ0v) is 20.8. The Labute approximate surface area is 206 Å². The highest BCUT2D eigenvalue weighted by Crippen LogP contribution is 2.26. The first-order valence-electron chi connectivity index (χ1n) is 10.5. The summed E-state index contributed by atoms with van der Waals surface area (Å²) in [7, 11) is -2.30. The molecule has 178 valence electrons. The number of halogens is 2. The van der Waals surface area contributed by atoms with Crippen LogP contribution >= 0.6 is 15.9 Å². The normalized spacial score (nSPS) is 14.6. The van der Waals surface area contributed by atoms with Gasteiger partial charge in [-0.15, -0.1) is 0 Å². The van der Waals surface area contributed by atoms with Gasteiger partial charge in [0, 0.05) is 36.3 Å². The van der Waals surface area contributed by atoms with E-state index in [0.717, 1.165) is 23.6 Å². The average Bonchev–Trinajstić information content (AvgIpc) is 2.85. The van der Waals surface area contributed by atoms with Crippen molar-refractivity contribution in [3.8, 4) is 5.75 Å². The van der Waals surface area contributed by atoms with E-state index in [4.69, 9.17) is 4.74 Å². The second-order valence-corrected chi connectivity index (χ2v) is 10.5. The van der Waals surface area contributed by atoms with Gasteiger partial charge in [-0.3, -0.25) is 4.79 Å². The van der Waals surface area contributed by atoms with Gasteiger partial charge in [-0.1, -0.05) is 12.1 Å². The van der Waals surface area contributed by atoms with Gasteiger partial charge in [-0.25, -0.2) is 12.8 Å². The van der Waals surface area contributed by atoms with E-state index >= 15 is 0 Å². The number of hydrogen-bond acceptors (Lipinski definition) is 5. The summed E-state index contributed by atoms with van der Waals surface area (Å²) in [6.07, 6.45) is 0. The lowest BCUT2D eigenvalue weighted by Gasteiger charge is -2.35. The van der Waals surface area contributed by atoms with Gasteiger partial charge in [-0.2, -0.15) is 4.31 Å². The summed E-state index contributed by atoms with van der Waals surface area (Å²) in [4.78, 5) is 14.7. The number of rotatable bonds is 6. The Morgan fingerprint density at radius 3 is 2.32 bits per heavy atom. The van der Waals surface area contributed by atoms with Crippen molar-refractivity contribution in [2.75, 3.05) is 43.5 Å². The van der Waals surface area contributed by atoms with Crippen LogP contribution in [0.1, 0.15) is 10.4 Å². The zero-order valence-electron chi connectivity index (χ0n) is 18.4. The van der Waals surface area contributed by atoms with E-state index in [-0.39, 0.29) is 23.5 Å². The summed E-state index contributed by atoms with van der Waals surface area (Å²) in [6.45, 7) is 1.54. The van der Waals surface area contributed by atoms with Crippen LogP contribution < -0.4 is 15.0 Å². The van der Waals surface area contributed by atoms with Crippen LogP contribution in [0.4, 0.5) is 15.8 Å². The Hall–Kier alpha value is -2.95. The Kier molecular flexibility index (Phi) is 7.20. The summed E-state index contributed by atoms with van der Waals surface area (Å²) < 4.78 is 48.1. The molecule has 0 saturated carbocycles. The molecule has 0 radical (unpaired) electrons. The summed E-state index contributed by atoms with van der Waals surface area (Å²) in [6, 6.07) is 17.8. The topological polar surface area (TPSA) is 79.0 Å². The fourth-order valence-electron chi connectivity index (χ4n) is 3.72. The maximum atomic E-state index is 14.5. The minimum absolute atomic E-state index is 0.121. The van der Waals surface area contributed by atoms with Crippen molar-refractivity contribution < 1.29 is 22.3 Å². The molecule has 4 rings (SSSR count). The van der Waals surface area contributed by atoms with E-state index in [2.05, 4.69) is 26.1 Å².